The van der Waals surface area contributed by atoms with Crippen molar-refractivity contribution >= 4 is 28.4 Å². The van der Waals surface area contributed by atoms with Crippen LogP contribution in [0.5, 0.6) is 0 Å². The molecule has 4 aromatic rings. The number of halogens is 1. The predicted octanol–water partition coefficient (Wildman–Crippen LogP) is 4.06. The van der Waals surface area contributed by atoms with Crippen LogP contribution in [0, 0.1) is 0 Å². The largest absolute Gasteiger partial charge is 0.396 e. The van der Waals surface area contributed by atoms with E-state index in [0.29, 0.717) is 36.6 Å². The molecule has 0 saturated carbocycles. The third kappa shape index (κ3) is 3.73. The van der Waals surface area contributed by atoms with Crippen LogP contribution in [0.3, 0.4) is 0 Å². The van der Waals surface area contributed by atoms with Gasteiger partial charge in [-0.25, -0.2) is 4.68 Å². The molecule has 1 aliphatic rings. The van der Waals surface area contributed by atoms with E-state index in [9.17, 15) is 9.90 Å². The first-order valence-corrected chi connectivity index (χ1v) is 10.8. The first kappa shape index (κ1) is 19.8. The number of fused-ring (bicyclic) bond motifs is 3. The lowest BCUT2D eigenvalue weighted by Crippen LogP contribution is -2.38. The molecule has 0 fully saturated rings. The number of carbonyl (C=O) groups is 1. The van der Waals surface area contributed by atoms with Crippen molar-refractivity contribution in [1.82, 2.24) is 19.2 Å². The Morgan fingerprint density at radius 1 is 1.10 bits per heavy atom. The maximum Gasteiger partial charge on any atom is 0.275 e. The number of aryl methyl sites for hydroxylation is 1. The Kier molecular flexibility index (Phi) is 5.26. The summed E-state index contributed by atoms with van der Waals surface area (Å²) in [5, 5.41) is 15.8. The molecule has 0 spiro atoms. The normalized spacial score (nSPS) is 13.5. The Morgan fingerprint density at radius 3 is 2.74 bits per heavy atom. The van der Waals surface area contributed by atoms with E-state index in [0.717, 1.165) is 34.4 Å². The van der Waals surface area contributed by atoms with E-state index in [1.54, 1.807) is 4.68 Å². The van der Waals surface area contributed by atoms with Gasteiger partial charge in [0.2, 0.25) is 0 Å². The number of rotatable bonds is 5. The number of hydrogen-bond donors (Lipinski definition) is 1. The highest BCUT2D eigenvalue weighted by atomic mass is 35.5. The summed E-state index contributed by atoms with van der Waals surface area (Å²) in [4.78, 5) is 15.3. The Hall–Kier alpha value is -3.09. The zero-order valence-corrected chi connectivity index (χ0v) is 17.8. The lowest BCUT2D eigenvalue weighted by atomic mass is 10.1. The van der Waals surface area contributed by atoms with Gasteiger partial charge in [0.25, 0.3) is 5.91 Å². The Morgan fingerprint density at radius 2 is 1.94 bits per heavy atom. The van der Waals surface area contributed by atoms with Gasteiger partial charge in [-0.05, 0) is 43.2 Å². The fourth-order valence-electron chi connectivity index (χ4n) is 4.25. The third-order valence-electron chi connectivity index (χ3n) is 5.80. The molecule has 0 atom stereocenters. The van der Waals surface area contributed by atoms with Crippen LogP contribution in [0.25, 0.3) is 16.6 Å². The molecule has 2 aromatic carbocycles. The molecule has 0 bridgehead atoms. The van der Waals surface area contributed by atoms with Gasteiger partial charge >= 0.3 is 0 Å². The number of nitrogens with zero attached hydrogens (tertiary/aromatic N) is 4. The molecular formula is C24H23ClN4O2. The van der Waals surface area contributed by atoms with Crippen molar-refractivity contribution in [3.8, 4) is 5.69 Å². The van der Waals surface area contributed by atoms with E-state index in [1.165, 1.54) is 0 Å². The minimum absolute atomic E-state index is 0.0721. The van der Waals surface area contributed by atoms with E-state index < -0.39 is 0 Å². The summed E-state index contributed by atoms with van der Waals surface area (Å²) in [5.74, 6) is -0.0721. The SMILES string of the molecule is O=C(c1nn(-c2ccccc2)cc1CCCO)N1CCn2c(cc3ccc(Cl)cc32)C1. The van der Waals surface area contributed by atoms with Crippen LogP contribution >= 0.6 is 11.6 Å². The minimum atomic E-state index is -0.0721. The minimum Gasteiger partial charge on any atom is -0.396 e. The number of aliphatic hydroxyl groups is 1. The fourth-order valence-corrected chi connectivity index (χ4v) is 4.42. The number of carbonyl (C=O) groups excluding carboxylic acids is 1. The third-order valence-corrected chi connectivity index (χ3v) is 6.04. The number of aromatic nitrogens is 3. The van der Waals surface area contributed by atoms with Gasteiger partial charge < -0.3 is 14.6 Å². The van der Waals surface area contributed by atoms with E-state index in [-0.39, 0.29) is 12.5 Å². The molecule has 0 unspecified atom stereocenters. The number of hydrogen-bond acceptors (Lipinski definition) is 3. The molecule has 7 heteroatoms. The summed E-state index contributed by atoms with van der Waals surface area (Å²) in [6.45, 7) is 1.94. The molecule has 31 heavy (non-hydrogen) atoms. The van der Waals surface area contributed by atoms with Gasteiger partial charge in [0, 0.05) is 53.1 Å². The molecular weight excluding hydrogens is 412 g/mol. The fraction of sp³-hybridized carbons (Fsp3) is 0.250. The lowest BCUT2D eigenvalue weighted by Gasteiger charge is -2.28. The van der Waals surface area contributed by atoms with E-state index in [4.69, 9.17) is 11.6 Å². The maximum absolute atomic E-state index is 13.5. The Labute approximate surface area is 185 Å². The molecule has 0 radical (unpaired) electrons. The van der Waals surface area contributed by atoms with Gasteiger partial charge in [0.15, 0.2) is 5.69 Å². The quantitative estimate of drug-likeness (QED) is 0.515. The van der Waals surface area contributed by atoms with Crippen LogP contribution in [0.2, 0.25) is 5.02 Å². The van der Waals surface area contributed by atoms with Crippen molar-refractivity contribution in [3.05, 3.63) is 82.8 Å². The topological polar surface area (TPSA) is 63.3 Å². The van der Waals surface area contributed by atoms with Crippen LogP contribution in [-0.2, 0) is 19.5 Å². The molecule has 2 aromatic heterocycles. The van der Waals surface area contributed by atoms with Crippen molar-refractivity contribution in [2.45, 2.75) is 25.9 Å². The predicted molar refractivity (Wildman–Crippen MR) is 121 cm³/mol. The van der Waals surface area contributed by atoms with E-state index >= 15 is 0 Å². The van der Waals surface area contributed by atoms with Gasteiger partial charge in [-0.15, -0.1) is 0 Å². The van der Waals surface area contributed by atoms with Crippen molar-refractivity contribution in [3.63, 3.8) is 0 Å². The van der Waals surface area contributed by atoms with Crippen LogP contribution in [0.4, 0.5) is 0 Å². The zero-order valence-electron chi connectivity index (χ0n) is 17.0. The monoisotopic (exact) mass is 434 g/mol. The number of benzene rings is 2. The van der Waals surface area contributed by atoms with E-state index in [2.05, 4.69) is 15.7 Å². The van der Waals surface area contributed by atoms with Gasteiger partial charge in [-0.2, -0.15) is 5.10 Å². The average molecular weight is 435 g/mol. The first-order valence-electron chi connectivity index (χ1n) is 10.5. The molecule has 1 N–H and O–H groups in total. The van der Waals surface area contributed by atoms with Gasteiger partial charge in [0.05, 0.1) is 12.2 Å². The molecule has 158 valence electrons. The molecule has 5 rings (SSSR count). The second kappa shape index (κ2) is 8.21. The molecule has 1 aliphatic heterocycles. The molecule has 3 heterocycles. The second-order valence-electron chi connectivity index (χ2n) is 7.83. The van der Waals surface area contributed by atoms with Crippen LogP contribution in [0.1, 0.15) is 28.2 Å². The van der Waals surface area contributed by atoms with Crippen molar-refractivity contribution in [1.29, 1.82) is 0 Å². The highest BCUT2D eigenvalue weighted by Gasteiger charge is 2.27. The van der Waals surface area contributed by atoms with Crippen LogP contribution in [-0.4, -0.2) is 43.4 Å². The van der Waals surface area contributed by atoms with Crippen molar-refractivity contribution in [2.75, 3.05) is 13.2 Å². The standard InChI is InChI=1S/C24H23ClN4O2/c25-19-9-8-17-13-21-16-27(10-11-28(21)22(17)14-19)24(31)23-18(5-4-12-30)15-29(26-23)20-6-2-1-3-7-20/h1-3,6-9,13-15,30H,4-5,10-12,16H2. The summed E-state index contributed by atoms with van der Waals surface area (Å²) in [6, 6.07) is 17.8. The van der Waals surface area contributed by atoms with Crippen molar-refractivity contribution < 1.29 is 9.90 Å². The lowest BCUT2D eigenvalue weighted by molar-refractivity contribution is 0.0705. The van der Waals surface area contributed by atoms with Crippen LogP contribution < -0.4 is 0 Å². The summed E-state index contributed by atoms with van der Waals surface area (Å²) < 4.78 is 3.99. The highest BCUT2D eigenvalue weighted by molar-refractivity contribution is 6.31. The number of amides is 1. The van der Waals surface area contributed by atoms with Gasteiger partial charge in [0.1, 0.15) is 0 Å². The van der Waals surface area contributed by atoms with Gasteiger partial charge in [-0.3, -0.25) is 4.79 Å². The smallest absolute Gasteiger partial charge is 0.275 e. The number of para-hydroxylation sites is 1. The summed E-state index contributed by atoms with van der Waals surface area (Å²) in [6.07, 6.45) is 3.11. The molecule has 6 nitrogen and oxygen atoms in total. The second-order valence-corrected chi connectivity index (χ2v) is 8.26. The Bertz CT molecular complexity index is 1250. The summed E-state index contributed by atoms with van der Waals surface area (Å²) in [5.41, 5.74) is 4.43. The van der Waals surface area contributed by atoms with Crippen molar-refractivity contribution in [2.24, 2.45) is 0 Å². The maximum atomic E-state index is 13.5. The molecule has 1 amide bonds. The summed E-state index contributed by atoms with van der Waals surface area (Å²) >= 11 is 6.18. The van der Waals surface area contributed by atoms with Gasteiger partial charge in [-0.1, -0.05) is 35.9 Å². The summed E-state index contributed by atoms with van der Waals surface area (Å²) in [7, 11) is 0. The Balaban J connectivity index is 1.46. The van der Waals surface area contributed by atoms with Crippen LogP contribution in [0.15, 0.2) is 60.8 Å². The molecule has 0 saturated heterocycles. The highest BCUT2D eigenvalue weighted by Crippen LogP contribution is 2.27. The zero-order chi connectivity index (χ0) is 21.4. The van der Waals surface area contributed by atoms with E-state index in [1.807, 2.05) is 59.6 Å². The average Bonchev–Trinajstić information content (AvgIpc) is 3.38. The molecule has 0 aliphatic carbocycles. The first-order chi connectivity index (χ1) is 15.1. The number of aliphatic hydroxyl groups excluding tert-OH is 1.